The Labute approximate surface area is 153 Å². The number of carboxylic acids is 1. The Balaban J connectivity index is 1.83. The van der Waals surface area contributed by atoms with Crippen molar-refractivity contribution < 1.29 is 27.9 Å². The molecule has 0 saturated carbocycles. The molecule has 1 atom stereocenters. The number of carboxylic acid groups (broad SMARTS) is 1. The highest BCUT2D eigenvalue weighted by molar-refractivity contribution is 7.88. The van der Waals surface area contributed by atoms with E-state index in [0.717, 1.165) is 24.7 Å². The van der Waals surface area contributed by atoms with Crippen LogP contribution in [-0.2, 0) is 26.0 Å². The molecule has 2 rings (SSSR count). The number of carbonyl (C=O) groups is 2. The maximum atomic E-state index is 12.4. The van der Waals surface area contributed by atoms with E-state index in [1.165, 1.54) is 4.31 Å². The van der Waals surface area contributed by atoms with Crippen LogP contribution in [0.3, 0.4) is 0 Å². The number of amides is 1. The maximum absolute atomic E-state index is 12.4. The lowest BCUT2D eigenvalue weighted by molar-refractivity contribution is -0.139. The number of hydrogen-bond donors (Lipinski definition) is 2. The molecule has 1 heterocycles. The Morgan fingerprint density at radius 2 is 1.96 bits per heavy atom. The number of piperidine rings is 1. The first-order valence-corrected chi connectivity index (χ1v) is 10.3. The van der Waals surface area contributed by atoms with Gasteiger partial charge in [0.1, 0.15) is 11.8 Å². The van der Waals surface area contributed by atoms with Crippen molar-refractivity contribution in [3.63, 3.8) is 0 Å². The Kier molecular flexibility index (Phi) is 6.98. The van der Waals surface area contributed by atoms with Crippen LogP contribution >= 0.6 is 0 Å². The quantitative estimate of drug-likeness (QED) is 0.679. The fraction of sp³-hybridized carbons (Fsp3) is 0.529. The second-order valence-electron chi connectivity index (χ2n) is 6.25. The van der Waals surface area contributed by atoms with Gasteiger partial charge < -0.3 is 15.2 Å². The molecule has 1 aliphatic rings. The van der Waals surface area contributed by atoms with E-state index in [0.29, 0.717) is 31.7 Å². The first-order valence-electron chi connectivity index (χ1n) is 8.45. The molecule has 9 heteroatoms. The molecule has 0 unspecified atom stereocenters. The summed E-state index contributed by atoms with van der Waals surface area (Å²) in [5, 5.41) is 11.4. The van der Waals surface area contributed by atoms with E-state index in [9.17, 15) is 18.0 Å². The van der Waals surface area contributed by atoms with Gasteiger partial charge in [-0.2, -0.15) is 4.31 Å². The van der Waals surface area contributed by atoms with Gasteiger partial charge in [-0.3, -0.25) is 4.79 Å². The third-order valence-electron chi connectivity index (χ3n) is 4.18. The van der Waals surface area contributed by atoms with Gasteiger partial charge in [-0.1, -0.05) is 18.6 Å². The number of benzene rings is 1. The minimum absolute atomic E-state index is 0.267. The number of rotatable bonds is 8. The third-order valence-corrected chi connectivity index (χ3v) is 5.47. The predicted molar refractivity (Wildman–Crippen MR) is 95.5 cm³/mol. The molecule has 0 spiro atoms. The van der Waals surface area contributed by atoms with Gasteiger partial charge in [-0.25, -0.2) is 13.2 Å². The highest BCUT2D eigenvalue weighted by atomic mass is 32.2. The Hall–Kier alpha value is -2.13. The van der Waals surface area contributed by atoms with E-state index in [4.69, 9.17) is 9.84 Å². The van der Waals surface area contributed by atoms with Gasteiger partial charge in [-0.05, 0) is 37.0 Å². The molecule has 1 fully saturated rings. The van der Waals surface area contributed by atoms with Gasteiger partial charge in [0.15, 0.2) is 6.61 Å². The van der Waals surface area contributed by atoms with Crippen LogP contribution in [0.15, 0.2) is 24.3 Å². The van der Waals surface area contributed by atoms with Crippen LogP contribution in [-0.4, -0.2) is 61.7 Å². The highest BCUT2D eigenvalue weighted by Gasteiger charge is 2.34. The predicted octanol–water partition coefficient (Wildman–Crippen LogP) is 0.623. The number of hydrogen-bond acceptors (Lipinski definition) is 5. The maximum Gasteiger partial charge on any atom is 0.341 e. The minimum atomic E-state index is -3.40. The van der Waals surface area contributed by atoms with Crippen LogP contribution in [0, 0.1) is 0 Å². The zero-order chi connectivity index (χ0) is 19.2. The largest absolute Gasteiger partial charge is 0.482 e. The molecule has 144 valence electrons. The van der Waals surface area contributed by atoms with E-state index < -0.39 is 28.6 Å². The number of aliphatic carboxylic acids is 1. The Bertz CT molecular complexity index is 732. The minimum Gasteiger partial charge on any atom is -0.482 e. The van der Waals surface area contributed by atoms with E-state index in [-0.39, 0.29) is 5.91 Å². The molecule has 8 nitrogen and oxygen atoms in total. The highest BCUT2D eigenvalue weighted by Crippen LogP contribution is 2.20. The molecule has 0 radical (unpaired) electrons. The van der Waals surface area contributed by atoms with Crippen LogP contribution in [0.25, 0.3) is 0 Å². The lowest BCUT2D eigenvalue weighted by atomic mass is 10.0. The van der Waals surface area contributed by atoms with Gasteiger partial charge in [0.25, 0.3) is 0 Å². The molecule has 2 N–H and O–H groups in total. The van der Waals surface area contributed by atoms with Gasteiger partial charge in [0, 0.05) is 13.1 Å². The monoisotopic (exact) mass is 384 g/mol. The lowest BCUT2D eigenvalue weighted by Crippen LogP contribution is -2.51. The first-order chi connectivity index (χ1) is 12.3. The molecule has 0 bridgehead atoms. The van der Waals surface area contributed by atoms with E-state index in [2.05, 4.69) is 5.32 Å². The second kappa shape index (κ2) is 9.00. The summed E-state index contributed by atoms with van der Waals surface area (Å²) in [6, 6.07) is 6.31. The number of ether oxygens (including phenoxy) is 1. The summed E-state index contributed by atoms with van der Waals surface area (Å²) in [7, 11) is -3.40. The van der Waals surface area contributed by atoms with Crippen LogP contribution in [0.5, 0.6) is 5.75 Å². The van der Waals surface area contributed by atoms with Crippen LogP contribution in [0.1, 0.15) is 24.8 Å². The molecule has 0 aromatic heterocycles. The van der Waals surface area contributed by atoms with Crippen molar-refractivity contribution in [2.45, 2.75) is 31.7 Å². The first kappa shape index (κ1) is 20.2. The standard InChI is InChI=1S/C17H24N2O6S/c1-26(23,24)19-11-3-2-4-15(19)17(22)18-10-9-13-5-7-14(8-6-13)25-12-16(20)21/h5-8,15H,2-4,9-12H2,1H3,(H,18,22)(H,20,21)/t15-/m1/s1. The van der Waals surface area contributed by atoms with Crippen molar-refractivity contribution in [2.75, 3.05) is 26.0 Å². The third kappa shape index (κ3) is 5.99. The SMILES string of the molecule is CS(=O)(=O)N1CCCC[C@@H]1C(=O)NCCc1ccc(OCC(=O)O)cc1. The number of carbonyl (C=O) groups excluding carboxylic acids is 1. The van der Waals surface area contributed by atoms with Crippen molar-refractivity contribution in [3.8, 4) is 5.75 Å². The Morgan fingerprint density at radius 1 is 1.27 bits per heavy atom. The second-order valence-corrected chi connectivity index (χ2v) is 8.19. The van der Waals surface area contributed by atoms with Crippen LogP contribution in [0.2, 0.25) is 0 Å². The zero-order valence-corrected chi connectivity index (χ0v) is 15.5. The summed E-state index contributed by atoms with van der Waals surface area (Å²) >= 11 is 0. The van der Waals surface area contributed by atoms with E-state index in [1.807, 2.05) is 0 Å². The molecular weight excluding hydrogens is 360 g/mol. The van der Waals surface area contributed by atoms with E-state index >= 15 is 0 Å². The molecule has 1 amide bonds. The molecule has 26 heavy (non-hydrogen) atoms. The van der Waals surface area contributed by atoms with Crippen LogP contribution in [0.4, 0.5) is 0 Å². The molecule has 1 saturated heterocycles. The average Bonchev–Trinajstić information content (AvgIpc) is 2.60. The summed E-state index contributed by atoms with van der Waals surface area (Å²) in [4.78, 5) is 22.8. The van der Waals surface area contributed by atoms with Gasteiger partial charge in [0.05, 0.1) is 6.26 Å². The topological polar surface area (TPSA) is 113 Å². The molecule has 1 aromatic rings. The number of sulfonamides is 1. The van der Waals surface area contributed by atoms with Crippen molar-refractivity contribution in [2.24, 2.45) is 0 Å². The lowest BCUT2D eigenvalue weighted by Gasteiger charge is -2.32. The summed E-state index contributed by atoms with van der Waals surface area (Å²) in [6.07, 6.45) is 3.85. The smallest absolute Gasteiger partial charge is 0.341 e. The summed E-state index contributed by atoms with van der Waals surface area (Å²) in [6.45, 7) is 0.380. The number of nitrogens with zero attached hydrogens (tertiary/aromatic N) is 1. The molecule has 1 aliphatic heterocycles. The fourth-order valence-electron chi connectivity index (χ4n) is 2.91. The summed E-state index contributed by atoms with van der Waals surface area (Å²) < 4.78 is 30.0. The average molecular weight is 384 g/mol. The van der Waals surface area contributed by atoms with Crippen molar-refractivity contribution in [1.29, 1.82) is 0 Å². The van der Waals surface area contributed by atoms with Crippen molar-refractivity contribution in [3.05, 3.63) is 29.8 Å². The summed E-state index contributed by atoms with van der Waals surface area (Å²) in [5.41, 5.74) is 0.955. The molecule has 1 aromatic carbocycles. The van der Waals surface area contributed by atoms with Gasteiger partial charge >= 0.3 is 5.97 Å². The fourth-order valence-corrected chi connectivity index (χ4v) is 4.03. The van der Waals surface area contributed by atoms with Gasteiger partial charge in [0.2, 0.25) is 15.9 Å². The van der Waals surface area contributed by atoms with Gasteiger partial charge in [-0.15, -0.1) is 0 Å². The zero-order valence-electron chi connectivity index (χ0n) is 14.7. The van der Waals surface area contributed by atoms with Crippen molar-refractivity contribution in [1.82, 2.24) is 9.62 Å². The van der Waals surface area contributed by atoms with Crippen LogP contribution < -0.4 is 10.1 Å². The molecular formula is C17H24N2O6S. The normalized spacial score (nSPS) is 18.3. The number of nitrogens with one attached hydrogen (secondary N) is 1. The summed E-state index contributed by atoms with van der Waals surface area (Å²) in [5.74, 6) is -0.842. The Morgan fingerprint density at radius 3 is 2.58 bits per heavy atom. The van der Waals surface area contributed by atoms with Crippen molar-refractivity contribution >= 4 is 21.9 Å². The van der Waals surface area contributed by atoms with E-state index in [1.54, 1.807) is 24.3 Å². The molecule has 0 aliphatic carbocycles.